The van der Waals surface area contributed by atoms with Crippen LogP contribution in [-0.2, 0) is 4.74 Å². The Morgan fingerprint density at radius 2 is 1.55 bits per heavy atom. The molecule has 0 spiro atoms. The van der Waals surface area contributed by atoms with Crippen LogP contribution in [0.5, 0.6) is 0 Å². The summed E-state index contributed by atoms with van der Waals surface area (Å²) in [6, 6.07) is 0. The van der Waals surface area contributed by atoms with Gasteiger partial charge in [-0.1, -0.05) is 0 Å². The van der Waals surface area contributed by atoms with E-state index in [4.69, 9.17) is 0 Å². The molecular weight excluding hydrogens is 171 g/mol. The maximum atomic E-state index is 11.8. The van der Waals surface area contributed by atoms with Crippen LogP contribution in [0.1, 0.15) is 0 Å². The lowest BCUT2D eigenvalue weighted by atomic mass is 10.3. The highest BCUT2D eigenvalue weighted by Crippen LogP contribution is 2.35. The van der Waals surface area contributed by atoms with E-state index < -0.39 is 25.3 Å². The summed E-state index contributed by atoms with van der Waals surface area (Å²) in [5, 5.41) is 0. The van der Waals surface area contributed by atoms with E-state index in [-0.39, 0.29) is 0 Å². The summed E-state index contributed by atoms with van der Waals surface area (Å²) in [7, 11) is 0. The van der Waals surface area contributed by atoms with Crippen molar-refractivity contribution in [2.75, 3.05) is 13.2 Å². The lowest BCUT2D eigenvalue weighted by Gasteiger charge is -2.18. The van der Waals surface area contributed by atoms with Crippen molar-refractivity contribution in [1.82, 2.24) is 0 Å². The second kappa shape index (κ2) is 3.34. The Labute approximate surface area is 60.1 Å². The second-order valence-electron chi connectivity index (χ2n) is 1.75. The lowest BCUT2D eigenvalue weighted by Crippen LogP contribution is -2.40. The minimum atomic E-state index is -5.54. The van der Waals surface area contributed by atoms with E-state index in [1.807, 2.05) is 0 Å². The molecule has 0 aromatic heterocycles. The van der Waals surface area contributed by atoms with Crippen molar-refractivity contribution in [2.45, 2.75) is 12.1 Å². The van der Waals surface area contributed by atoms with Gasteiger partial charge in [0.25, 0.3) is 0 Å². The Kier molecular flexibility index (Phi) is 3.22. The topological polar surface area (TPSA) is 9.23 Å². The molecule has 0 amide bonds. The largest absolute Gasteiger partial charge is 0.455 e. The zero-order chi connectivity index (χ0) is 9.12. The SMILES string of the molecule is [CH2]COCC(F)(F)C(F)(F)F. The van der Waals surface area contributed by atoms with Gasteiger partial charge in [-0.25, -0.2) is 0 Å². The summed E-state index contributed by atoms with van der Waals surface area (Å²) >= 11 is 0. The molecule has 0 heterocycles. The fourth-order valence-electron chi connectivity index (χ4n) is 0.282. The molecule has 0 aromatic carbocycles. The van der Waals surface area contributed by atoms with Crippen LogP contribution in [0.4, 0.5) is 22.0 Å². The monoisotopic (exact) mass is 177 g/mol. The van der Waals surface area contributed by atoms with E-state index in [2.05, 4.69) is 11.7 Å². The molecule has 0 bridgehead atoms. The van der Waals surface area contributed by atoms with E-state index in [0.717, 1.165) is 0 Å². The van der Waals surface area contributed by atoms with E-state index in [1.54, 1.807) is 0 Å². The van der Waals surface area contributed by atoms with Crippen molar-refractivity contribution in [1.29, 1.82) is 0 Å². The van der Waals surface area contributed by atoms with Gasteiger partial charge >= 0.3 is 12.1 Å². The van der Waals surface area contributed by atoms with Crippen molar-refractivity contribution in [3.8, 4) is 0 Å². The van der Waals surface area contributed by atoms with E-state index in [0.29, 0.717) is 0 Å². The molecule has 0 rings (SSSR count). The Bertz CT molecular complexity index is 119. The molecular formula is C5H6F5O. The summed E-state index contributed by atoms with van der Waals surface area (Å²) in [5.74, 6) is -4.77. The average molecular weight is 177 g/mol. The normalized spacial score (nSPS) is 13.6. The van der Waals surface area contributed by atoms with Gasteiger partial charge in [-0.3, -0.25) is 0 Å². The third-order valence-corrected chi connectivity index (χ3v) is 0.842. The van der Waals surface area contributed by atoms with Crippen LogP contribution in [0.3, 0.4) is 0 Å². The zero-order valence-electron chi connectivity index (χ0n) is 5.42. The minimum Gasteiger partial charge on any atom is -0.375 e. The summed E-state index contributed by atoms with van der Waals surface area (Å²) < 4.78 is 61.4. The fourth-order valence-corrected chi connectivity index (χ4v) is 0.282. The number of hydrogen-bond donors (Lipinski definition) is 0. The van der Waals surface area contributed by atoms with Crippen molar-refractivity contribution >= 4 is 0 Å². The van der Waals surface area contributed by atoms with Crippen LogP contribution in [0.2, 0.25) is 0 Å². The first-order valence-corrected chi connectivity index (χ1v) is 2.63. The lowest BCUT2D eigenvalue weighted by molar-refractivity contribution is -0.296. The summed E-state index contributed by atoms with van der Waals surface area (Å²) in [4.78, 5) is 0. The number of halogens is 5. The van der Waals surface area contributed by atoms with Gasteiger partial charge in [-0.15, -0.1) is 0 Å². The first kappa shape index (κ1) is 10.6. The third kappa shape index (κ3) is 3.00. The van der Waals surface area contributed by atoms with Gasteiger partial charge in [0.15, 0.2) is 0 Å². The van der Waals surface area contributed by atoms with Gasteiger partial charge in [-0.2, -0.15) is 22.0 Å². The van der Waals surface area contributed by atoms with Crippen LogP contribution in [0.15, 0.2) is 0 Å². The molecule has 6 heteroatoms. The number of hydrogen-bond acceptors (Lipinski definition) is 1. The van der Waals surface area contributed by atoms with Crippen LogP contribution < -0.4 is 0 Å². The molecule has 67 valence electrons. The van der Waals surface area contributed by atoms with Gasteiger partial charge in [0.1, 0.15) is 6.61 Å². The Hall–Kier alpha value is -0.390. The maximum Gasteiger partial charge on any atom is 0.455 e. The molecule has 0 aliphatic rings. The molecule has 0 atom stereocenters. The smallest absolute Gasteiger partial charge is 0.375 e. The molecule has 0 N–H and O–H groups in total. The predicted octanol–water partition coefficient (Wildman–Crippen LogP) is 2.03. The molecule has 1 radical (unpaired) electrons. The van der Waals surface area contributed by atoms with E-state index in [9.17, 15) is 22.0 Å². The van der Waals surface area contributed by atoms with Gasteiger partial charge < -0.3 is 4.74 Å². The highest BCUT2D eigenvalue weighted by Gasteiger charge is 2.57. The molecule has 0 unspecified atom stereocenters. The zero-order valence-corrected chi connectivity index (χ0v) is 5.42. The van der Waals surface area contributed by atoms with E-state index in [1.165, 1.54) is 0 Å². The molecule has 0 saturated carbocycles. The Morgan fingerprint density at radius 3 is 1.82 bits per heavy atom. The minimum absolute atomic E-state index is 0.411. The van der Waals surface area contributed by atoms with Crippen molar-refractivity contribution in [3.05, 3.63) is 6.92 Å². The molecule has 11 heavy (non-hydrogen) atoms. The Balaban J connectivity index is 4.00. The second-order valence-corrected chi connectivity index (χ2v) is 1.75. The first-order chi connectivity index (χ1) is 4.81. The molecule has 0 aromatic rings. The number of alkyl halides is 5. The third-order valence-electron chi connectivity index (χ3n) is 0.842. The van der Waals surface area contributed by atoms with Gasteiger partial charge in [-0.05, 0) is 6.92 Å². The van der Waals surface area contributed by atoms with Crippen molar-refractivity contribution in [2.24, 2.45) is 0 Å². The molecule has 0 saturated heterocycles. The van der Waals surface area contributed by atoms with Crippen LogP contribution in [-0.4, -0.2) is 25.3 Å². The quantitative estimate of drug-likeness (QED) is 0.599. The average Bonchev–Trinajstić information content (AvgIpc) is 1.81. The van der Waals surface area contributed by atoms with Gasteiger partial charge in [0.2, 0.25) is 0 Å². The molecule has 0 fully saturated rings. The highest BCUT2D eigenvalue weighted by atomic mass is 19.4. The summed E-state index contributed by atoms with van der Waals surface area (Å²) in [6.45, 7) is 0.870. The first-order valence-electron chi connectivity index (χ1n) is 2.63. The molecule has 0 aliphatic carbocycles. The van der Waals surface area contributed by atoms with Crippen LogP contribution in [0, 0.1) is 6.92 Å². The standard InChI is InChI=1S/C5H6F5O/c1-2-11-3-4(6,7)5(8,9)10/h1-3H2. The Morgan fingerprint density at radius 1 is 1.09 bits per heavy atom. The highest BCUT2D eigenvalue weighted by molar-refractivity contribution is 4.74. The van der Waals surface area contributed by atoms with Gasteiger partial charge in [0.05, 0.1) is 0 Å². The van der Waals surface area contributed by atoms with Crippen LogP contribution >= 0.6 is 0 Å². The van der Waals surface area contributed by atoms with E-state index >= 15 is 0 Å². The summed E-state index contributed by atoms with van der Waals surface area (Å²) in [6.07, 6.45) is -5.54. The van der Waals surface area contributed by atoms with Crippen molar-refractivity contribution in [3.63, 3.8) is 0 Å². The maximum absolute atomic E-state index is 11.8. The predicted molar refractivity (Wildman–Crippen MR) is 27.2 cm³/mol. The van der Waals surface area contributed by atoms with Crippen LogP contribution in [0.25, 0.3) is 0 Å². The van der Waals surface area contributed by atoms with Gasteiger partial charge in [0, 0.05) is 6.61 Å². The van der Waals surface area contributed by atoms with Crippen molar-refractivity contribution < 1.29 is 26.7 Å². The number of ether oxygens (including phenoxy) is 1. The number of rotatable bonds is 3. The molecule has 0 aliphatic heterocycles. The molecule has 1 nitrogen and oxygen atoms in total. The summed E-state index contributed by atoms with van der Waals surface area (Å²) in [5.41, 5.74) is 0. The fraction of sp³-hybridized carbons (Fsp3) is 0.800.